The Morgan fingerprint density at radius 3 is 2.53 bits per heavy atom. The van der Waals surface area contributed by atoms with Crippen LogP contribution in [0.15, 0.2) is 12.1 Å². The van der Waals surface area contributed by atoms with Crippen LogP contribution < -0.4 is 5.32 Å². The highest BCUT2D eigenvalue weighted by Gasteiger charge is 2.33. The number of hydrogen-bond acceptors (Lipinski definition) is 3. The zero-order valence-electron chi connectivity index (χ0n) is 9.99. The minimum atomic E-state index is -0.968. The quantitative estimate of drug-likeness (QED) is 0.881. The predicted molar refractivity (Wildman–Crippen MR) is 63.5 cm³/mol. The number of nitrogens with one attached hydrogen (secondary N) is 1. The second-order valence-corrected chi connectivity index (χ2v) is 4.55. The van der Waals surface area contributed by atoms with Gasteiger partial charge in [-0.1, -0.05) is 6.42 Å². The number of carboxylic acid groups (broad SMARTS) is 1. The van der Waals surface area contributed by atoms with Gasteiger partial charge in [-0.15, -0.1) is 0 Å². The van der Waals surface area contributed by atoms with Crippen LogP contribution in [0.4, 0.5) is 14.5 Å². The van der Waals surface area contributed by atoms with Crippen LogP contribution in [0.3, 0.4) is 0 Å². The van der Waals surface area contributed by atoms with Crippen molar-refractivity contribution in [3.63, 3.8) is 0 Å². The summed E-state index contributed by atoms with van der Waals surface area (Å²) in [5.74, 6) is -3.38. The molecule has 1 aromatic rings. The van der Waals surface area contributed by atoms with E-state index >= 15 is 0 Å². The molecule has 0 heterocycles. The van der Waals surface area contributed by atoms with Crippen molar-refractivity contribution in [2.45, 2.75) is 25.3 Å². The Morgan fingerprint density at radius 2 is 2.00 bits per heavy atom. The first-order valence-electron chi connectivity index (χ1n) is 5.91. The number of hydrogen-bond donors (Lipinski definition) is 2. The van der Waals surface area contributed by atoms with Crippen LogP contribution in [0.25, 0.3) is 0 Å². The third kappa shape index (κ3) is 2.65. The number of nitriles is 1. The standard InChI is InChI=1S/C13H12F2N2O2/c14-9-4-7(6-16)5-10(15)12(9)17-11-3-1-2-8(11)13(18)19/h4-5,8,11,17H,1-3H2,(H,18,19). The van der Waals surface area contributed by atoms with Gasteiger partial charge in [-0.3, -0.25) is 4.79 Å². The summed E-state index contributed by atoms with van der Waals surface area (Å²) >= 11 is 0. The molecule has 2 rings (SSSR count). The summed E-state index contributed by atoms with van der Waals surface area (Å²) in [6.45, 7) is 0. The van der Waals surface area contributed by atoms with Gasteiger partial charge in [0.2, 0.25) is 0 Å². The molecule has 0 bridgehead atoms. The SMILES string of the molecule is N#Cc1cc(F)c(NC2CCCC2C(=O)O)c(F)c1. The van der Waals surface area contributed by atoms with E-state index < -0.39 is 29.6 Å². The summed E-state index contributed by atoms with van der Waals surface area (Å²) < 4.78 is 27.4. The van der Waals surface area contributed by atoms with Crippen molar-refractivity contribution >= 4 is 11.7 Å². The summed E-state index contributed by atoms with van der Waals surface area (Å²) in [5.41, 5.74) is -0.473. The van der Waals surface area contributed by atoms with Gasteiger partial charge in [0.1, 0.15) is 5.69 Å². The van der Waals surface area contributed by atoms with E-state index in [-0.39, 0.29) is 11.3 Å². The Hall–Kier alpha value is -2.16. The molecule has 0 aliphatic heterocycles. The lowest BCUT2D eigenvalue weighted by Gasteiger charge is -2.19. The average Bonchev–Trinajstić information content (AvgIpc) is 2.81. The number of aliphatic carboxylic acids is 1. The van der Waals surface area contributed by atoms with E-state index in [1.165, 1.54) is 0 Å². The fraction of sp³-hybridized carbons (Fsp3) is 0.385. The van der Waals surface area contributed by atoms with Gasteiger partial charge >= 0.3 is 5.97 Å². The fourth-order valence-corrected chi connectivity index (χ4v) is 2.39. The molecule has 0 radical (unpaired) electrons. The van der Waals surface area contributed by atoms with Crippen LogP contribution in [0.5, 0.6) is 0 Å². The Bertz CT molecular complexity index is 531. The first kappa shape index (κ1) is 13.3. The van der Waals surface area contributed by atoms with E-state index in [1.807, 2.05) is 0 Å². The van der Waals surface area contributed by atoms with Crippen molar-refractivity contribution in [2.75, 3.05) is 5.32 Å². The molecule has 1 saturated carbocycles. The van der Waals surface area contributed by atoms with E-state index in [2.05, 4.69) is 5.32 Å². The van der Waals surface area contributed by atoms with Gasteiger partial charge in [0.15, 0.2) is 11.6 Å². The van der Waals surface area contributed by atoms with Gasteiger partial charge in [0.25, 0.3) is 0 Å². The highest BCUT2D eigenvalue weighted by Crippen LogP contribution is 2.31. The average molecular weight is 266 g/mol. The van der Waals surface area contributed by atoms with Gasteiger partial charge in [-0.2, -0.15) is 5.26 Å². The van der Waals surface area contributed by atoms with Gasteiger partial charge in [0, 0.05) is 6.04 Å². The minimum Gasteiger partial charge on any atom is -0.481 e. The van der Waals surface area contributed by atoms with Crippen LogP contribution in [0.1, 0.15) is 24.8 Å². The van der Waals surface area contributed by atoms with Gasteiger partial charge in [0.05, 0.1) is 17.6 Å². The van der Waals surface area contributed by atoms with Crippen LogP contribution >= 0.6 is 0 Å². The molecule has 0 aromatic heterocycles. The monoisotopic (exact) mass is 266 g/mol. The van der Waals surface area contributed by atoms with Gasteiger partial charge in [-0.05, 0) is 25.0 Å². The molecule has 2 N–H and O–H groups in total. The summed E-state index contributed by atoms with van der Waals surface area (Å²) in [5, 5.41) is 20.2. The number of carbonyl (C=O) groups is 1. The molecule has 2 atom stereocenters. The van der Waals surface area contributed by atoms with Crippen molar-refractivity contribution in [1.29, 1.82) is 5.26 Å². The molecule has 0 amide bonds. The van der Waals surface area contributed by atoms with Crippen molar-refractivity contribution in [3.05, 3.63) is 29.3 Å². The first-order chi connectivity index (χ1) is 9.02. The van der Waals surface area contributed by atoms with E-state index in [0.29, 0.717) is 19.3 Å². The largest absolute Gasteiger partial charge is 0.481 e. The highest BCUT2D eigenvalue weighted by molar-refractivity contribution is 5.72. The molecule has 4 nitrogen and oxygen atoms in total. The molecule has 0 spiro atoms. The Kier molecular flexibility index (Phi) is 3.65. The molecule has 1 aliphatic rings. The second-order valence-electron chi connectivity index (χ2n) is 4.55. The summed E-state index contributed by atoms with van der Waals surface area (Å²) in [4.78, 5) is 11.0. The predicted octanol–water partition coefficient (Wildman–Crippen LogP) is 2.50. The first-order valence-corrected chi connectivity index (χ1v) is 5.91. The molecule has 100 valence electrons. The van der Waals surface area contributed by atoms with Crippen LogP contribution in [0.2, 0.25) is 0 Å². The maximum atomic E-state index is 13.7. The molecule has 6 heteroatoms. The third-order valence-electron chi connectivity index (χ3n) is 3.33. The number of nitrogens with zero attached hydrogens (tertiary/aromatic N) is 1. The van der Waals surface area contributed by atoms with E-state index in [1.54, 1.807) is 6.07 Å². The Labute approximate surface area is 108 Å². The molecule has 2 unspecified atom stereocenters. The molecular weight excluding hydrogens is 254 g/mol. The molecule has 1 fully saturated rings. The Balaban J connectivity index is 2.24. The van der Waals surface area contributed by atoms with Crippen LogP contribution in [-0.4, -0.2) is 17.1 Å². The normalized spacial score (nSPS) is 21.9. The summed E-state index contributed by atoms with van der Waals surface area (Å²) in [6, 6.07) is 3.02. The van der Waals surface area contributed by atoms with Gasteiger partial charge < -0.3 is 10.4 Å². The third-order valence-corrected chi connectivity index (χ3v) is 3.33. The number of benzene rings is 1. The topological polar surface area (TPSA) is 73.1 Å². The van der Waals surface area contributed by atoms with Crippen LogP contribution in [-0.2, 0) is 4.79 Å². The zero-order valence-corrected chi connectivity index (χ0v) is 9.99. The summed E-state index contributed by atoms with van der Waals surface area (Å²) in [7, 11) is 0. The lowest BCUT2D eigenvalue weighted by Crippen LogP contribution is -2.30. The molecule has 19 heavy (non-hydrogen) atoms. The fourth-order valence-electron chi connectivity index (χ4n) is 2.39. The van der Waals surface area contributed by atoms with Crippen LogP contribution in [0, 0.1) is 28.9 Å². The highest BCUT2D eigenvalue weighted by atomic mass is 19.1. The number of carboxylic acids is 1. The molecule has 0 saturated heterocycles. The van der Waals surface area contributed by atoms with Crippen molar-refractivity contribution in [2.24, 2.45) is 5.92 Å². The molecular formula is C13H12F2N2O2. The van der Waals surface area contributed by atoms with Crippen molar-refractivity contribution in [1.82, 2.24) is 0 Å². The lowest BCUT2D eigenvalue weighted by molar-refractivity contribution is -0.141. The van der Waals surface area contributed by atoms with Crippen molar-refractivity contribution in [3.8, 4) is 6.07 Å². The van der Waals surface area contributed by atoms with E-state index in [4.69, 9.17) is 10.4 Å². The number of anilines is 1. The zero-order chi connectivity index (χ0) is 14.0. The van der Waals surface area contributed by atoms with E-state index in [0.717, 1.165) is 12.1 Å². The van der Waals surface area contributed by atoms with Gasteiger partial charge in [-0.25, -0.2) is 8.78 Å². The molecule has 1 aliphatic carbocycles. The smallest absolute Gasteiger partial charge is 0.308 e. The lowest BCUT2D eigenvalue weighted by atomic mass is 10.0. The molecule has 1 aromatic carbocycles. The van der Waals surface area contributed by atoms with Crippen molar-refractivity contribution < 1.29 is 18.7 Å². The second kappa shape index (κ2) is 5.22. The summed E-state index contributed by atoms with van der Waals surface area (Å²) in [6.07, 6.45) is 1.75. The maximum Gasteiger partial charge on any atom is 0.308 e. The maximum absolute atomic E-state index is 13.7. The number of rotatable bonds is 3. The van der Waals surface area contributed by atoms with E-state index in [9.17, 15) is 13.6 Å². The minimum absolute atomic E-state index is 0.109. The number of halogens is 2. The Morgan fingerprint density at radius 1 is 1.37 bits per heavy atom.